The lowest BCUT2D eigenvalue weighted by Gasteiger charge is -2.13. The normalized spacial score (nSPS) is 11.8. The topological polar surface area (TPSA) is 179 Å². The SMILES string of the molecule is CCO[C@@H](Cc1ccc(OCCc2ccc(N)cc2)cc1)C(=O)O.CCO[C@@H](Cc1ccc(OCCc2ccc(NC(=O)Nc3ccc(SC(F)(F)F)cc3)cc2)cc1)C(=O)O.Cl. The van der Waals surface area contributed by atoms with Gasteiger partial charge in [0, 0.05) is 60.9 Å². The number of aliphatic carboxylic acids is 2. The third-order valence-electron chi connectivity index (χ3n) is 8.83. The number of urea groups is 1. The Bertz CT molecular complexity index is 2130. The number of nitrogen functional groups attached to an aromatic ring is 1. The molecule has 2 amide bonds. The minimum absolute atomic E-state index is 0. The average Bonchev–Trinajstić information content (AvgIpc) is 3.23. The molecule has 0 heterocycles. The highest BCUT2D eigenvalue weighted by molar-refractivity contribution is 8.00. The summed E-state index contributed by atoms with van der Waals surface area (Å²) < 4.78 is 59.2. The number of hydrogen-bond donors (Lipinski definition) is 5. The van der Waals surface area contributed by atoms with Crippen LogP contribution in [0.25, 0.3) is 0 Å². The molecule has 0 unspecified atom stereocenters. The molecule has 0 fully saturated rings. The number of nitrogens with one attached hydrogen (secondary N) is 2. The van der Waals surface area contributed by atoms with Crippen LogP contribution < -0.4 is 25.8 Å². The highest BCUT2D eigenvalue weighted by Crippen LogP contribution is 2.37. The van der Waals surface area contributed by atoms with E-state index in [0.717, 1.165) is 34.5 Å². The second-order valence-electron chi connectivity index (χ2n) is 13.5. The van der Waals surface area contributed by atoms with E-state index in [-0.39, 0.29) is 35.5 Å². The molecule has 338 valence electrons. The molecule has 0 aliphatic carbocycles. The molecule has 17 heteroatoms. The molecule has 6 N–H and O–H groups in total. The molecule has 0 aliphatic rings. The summed E-state index contributed by atoms with van der Waals surface area (Å²) in [7, 11) is 0. The third-order valence-corrected chi connectivity index (χ3v) is 9.57. The van der Waals surface area contributed by atoms with Crippen molar-refractivity contribution in [3.63, 3.8) is 0 Å². The van der Waals surface area contributed by atoms with E-state index in [9.17, 15) is 32.7 Å². The Labute approximate surface area is 374 Å². The second-order valence-corrected chi connectivity index (χ2v) is 14.7. The standard InChI is InChI=1S/C27H27F3N2O5S.C19H23NO4.ClH/c1-2-36-24(25(33)34)17-19-5-11-22(12-6-19)37-16-15-18-3-7-20(8-4-18)31-26(35)32-21-9-13-23(14-10-21)38-27(28,29)30;1-2-23-18(19(21)22)13-15-5-9-17(10-6-15)24-12-11-14-3-7-16(20)8-4-14;/h3-14,24H,2,15-17H2,1H3,(H,33,34)(H2,31,32,35);3-10,18H,2,11-13,20H2,1H3,(H,21,22);1H/t24-;18-;/m00./s1. The Hall–Kier alpha value is -5.94. The zero-order valence-corrected chi connectivity index (χ0v) is 36.3. The number of nitrogens with two attached hydrogens (primary N) is 1. The first-order chi connectivity index (χ1) is 29.7. The van der Waals surface area contributed by atoms with E-state index in [1.807, 2.05) is 72.8 Å². The van der Waals surface area contributed by atoms with Crippen LogP contribution in [0.1, 0.15) is 36.1 Å². The van der Waals surface area contributed by atoms with Gasteiger partial charge in [-0.05, 0) is 121 Å². The van der Waals surface area contributed by atoms with Crippen molar-refractivity contribution in [1.29, 1.82) is 0 Å². The molecule has 0 aliphatic heterocycles. The van der Waals surface area contributed by atoms with Gasteiger partial charge >= 0.3 is 23.5 Å². The van der Waals surface area contributed by atoms with Crippen molar-refractivity contribution in [2.75, 3.05) is 42.8 Å². The van der Waals surface area contributed by atoms with Crippen LogP contribution in [0.5, 0.6) is 11.5 Å². The molecular formula is C46H51ClF3N3O9S. The molecule has 2 atom stereocenters. The number of amides is 2. The Balaban J connectivity index is 0.000000364. The van der Waals surface area contributed by atoms with Crippen LogP contribution in [-0.4, -0.2) is 72.3 Å². The van der Waals surface area contributed by atoms with Crippen molar-refractivity contribution < 1.29 is 56.7 Å². The van der Waals surface area contributed by atoms with Gasteiger partial charge in [0.25, 0.3) is 0 Å². The van der Waals surface area contributed by atoms with Crippen molar-refractivity contribution in [3.8, 4) is 11.5 Å². The maximum absolute atomic E-state index is 12.4. The molecule has 5 aromatic carbocycles. The largest absolute Gasteiger partial charge is 0.493 e. The molecule has 5 aromatic rings. The fourth-order valence-electron chi connectivity index (χ4n) is 5.75. The first-order valence-corrected chi connectivity index (χ1v) is 20.5. The number of thioether (sulfide) groups is 1. The number of alkyl halides is 3. The fraction of sp³-hybridized carbons (Fsp3) is 0.283. The first kappa shape index (κ1) is 51.4. The predicted molar refractivity (Wildman–Crippen MR) is 240 cm³/mol. The maximum atomic E-state index is 12.4. The summed E-state index contributed by atoms with van der Waals surface area (Å²) in [4.78, 5) is 34.6. The summed E-state index contributed by atoms with van der Waals surface area (Å²) in [6, 6.07) is 34.4. The van der Waals surface area contributed by atoms with Crippen LogP contribution >= 0.6 is 24.2 Å². The summed E-state index contributed by atoms with van der Waals surface area (Å²) in [5.41, 5.74) is 6.86. The zero-order valence-electron chi connectivity index (χ0n) is 34.6. The number of carboxylic acid groups (broad SMARTS) is 2. The molecule has 5 rings (SSSR count). The van der Waals surface area contributed by atoms with Crippen molar-refractivity contribution in [3.05, 3.63) is 144 Å². The lowest BCUT2D eigenvalue weighted by molar-refractivity contribution is -0.150. The number of anilines is 3. The van der Waals surface area contributed by atoms with Crippen molar-refractivity contribution in [2.45, 2.75) is 62.1 Å². The second kappa shape index (κ2) is 26.5. The molecule has 0 spiro atoms. The predicted octanol–water partition coefficient (Wildman–Crippen LogP) is 9.94. The van der Waals surface area contributed by atoms with Crippen LogP contribution in [0.3, 0.4) is 0 Å². The summed E-state index contributed by atoms with van der Waals surface area (Å²) in [5, 5.41) is 23.6. The Kier molecular flexibility index (Phi) is 21.6. The van der Waals surface area contributed by atoms with Gasteiger partial charge in [0.1, 0.15) is 11.5 Å². The number of halogens is 4. The number of benzene rings is 5. The van der Waals surface area contributed by atoms with Gasteiger partial charge in [0.15, 0.2) is 12.2 Å². The molecule has 0 bridgehead atoms. The van der Waals surface area contributed by atoms with Crippen LogP contribution in [-0.2, 0) is 44.7 Å². The molecule has 63 heavy (non-hydrogen) atoms. The molecule has 12 nitrogen and oxygen atoms in total. The summed E-state index contributed by atoms with van der Waals surface area (Å²) >= 11 is -0.218. The van der Waals surface area contributed by atoms with Gasteiger partial charge in [0.05, 0.1) is 13.2 Å². The molecule has 0 saturated heterocycles. The summed E-state index contributed by atoms with van der Waals surface area (Å²) in [5.74, 6) is -0.513. The van der Waals surface area contributed by atoms with Gasteiger partial charge in [-0.15, -0.1) is 12.4 Å². The van der Waals surface area contributed by atoms with E-state index >= 15 is 0 Å². The van der Waals surface area contributed by atoms with Gasteiger partial charge in [-0.1, -0.05) is 48.5 Å². The maximum Gasteiger partial charge on any atom is 0.446 e. The van der Waals surface area contributed by atoms with Gasteiger partial charge < -0.3 is 45.5 Å². The lowest BCUT2D eigenvalue weighted by Crippen LogP contribution is -2.26. The van der Waals surface area contributed by atoms with Crippen molar-refractivity contribution >= 4 is 59.2 Å². The van der Waals surface area contributed by atoms with E-state index < -0.39 is 35.7 Å². The van der Waals surface area contributed by atoms with Crippen LogP contribution in [0.4, 0.5) is 35.0 Å². The molecule has 0 saturated carbocycles. The van der Waals surface area contributed by atoms with Crippen molar-refractivity contribution in [2.24, 2.45) is 0 Å². The van der Waals surface area contributed by atoms with Crippen LogP contribution in [0.15, 0.2) is 126 Å². The first-order valence-electron chi connectivity index (χ1n) is 19.7. The number of carbonyl (C=O) groups is 3. The number of hydrogen-bond acceptors (Lipinski definition) is 9. The average molecular weight is 914 g/mol. The minimum atomic E-state index is -4.37. The van der Waals surface area contributed by atoms with E-state index in [1.54, 1.807) is 38.1 Å². The van der Waals surface area contributed by atoms with E-state index in [1.165, 1.54) is 29.8 Å². The Morgan fingerprint density at radius 2 is 0.968 bits per heavy atom. The minimum Gasteiger partial charge on any atom is -0.493 e. The van der Waals surface area contributed by atoms with Crippen molar-refractivity contribution in [1.82, 2.24) is 0 Å². The Morgan fingerprint density at radius 3 is 1.33 bits per heavy atom. The van der Waals surface area contributed by atoms with Crippen LogP contribution in [0.2, 0.25) is 0 Å². The number of carboxylic acids is 2. The zero-order chi connectivity index (χ0) is 44.9. The van der Waals surface area contributed by atoms with E-state index in [2.05, 4.69) is 10.6 Å². The Morgan fingerprint density at radius 1 is 0.603 bits per heavy atom. The third kappa shape index (κ3) is 19.8. The van der Waals surface area contributed by atoms with Gasteiger partial charge in [0.2, 0.25) is 0 Å². The summed E-state index contributed by atoms with van der Waals surface area (Å²) in [6.45, 7) is 5.24. The van der Waals surface area contributed by atoms with Gasteiger partial charge in [-0.3, -0.25) is 0 Å². The monoisotopic (exact) mass is 913 g/mol. The number of ether oxygens (including phenoxy) is 4. The molecule has 0 aromatic heterocycles. The van der Waals surface area contributed by atoms with Gasteiger partial charge in [-0.2, -0.15) is 13.2 Å². The molecule has 0 radical (unpaired) electrons. The van der Waals surface area contributed by atoms with Gasteiger partial charge in [-0.25, -0.2) is 14.4 Å². The number of carbonyl (C=O) groups excluding carboxylic acids is 1. The smallest absolute Gasteiger partial charge is 0.446 e. The van der Waals surface area contributed by atoms with Crippen LogP contribution in [0, 0.1) is 0 Å². The number of rotatable bonds is 21. The van der Waals surface area contributed by atoms with E-state index in [4.69, 9.17) is 29.8 Å². The highest BCUT2D eigenvalue weighted by atomic mass is 35.5. The molecular weight excluding hydrogens is 863 g/mol. The van der Waals surface area contributed by atoms with E-state index in [0.29, 0.717) is 56.4 Å². The fourth-order valence-corrected chi connectivity index (χ4v) is 6.29. The lowest BCUT2D eigenvalue weighted by atomic mass is 10.1. The highest BCUT2D eigenvalue weighted by Gasteiger charge is 2.29. The summed E-state index contributed by atoms with van der Waals surface area (Å²) in [6.07, 6.45) is 0.347. The quantitative estimate of drug-likeness (QED) is 0.0350.